The highest BCUT2D eigenvalue weighted by Gasteiger charge is 2.21. The number of carbonyl (C=O) groups excluding carboxylic acids is 2. The molecule has 0 bridgehead atoms. The Morgan fingerprint density at radius 2 is 1.81 bits per heavy atom. The Balaban J connectivity index is 1.96. The molecule has 114 valence electrons. The van der Waals surface area contributed by atoms with Gasteiger partial charge in [0.2, 0.25) is 11.8 Å². The van der Waals surface area contributed by atoms with Gasteiger partial charge in [-0.1, -0.05) is 6.07 Å². The molecular formula is C16H23N3O2. The van der Waals surface area contributed by atoms with Crippen LogP contribution >= 0.6 is 0 Å². The predicted molar refractivity (Wildman–Crippen MR) is 84.3 cm³/mol. The molecule has 1 saturated heterocycles. The molecule has 1 heterocycles. The van der Waals surface area contributed by atoms with Crippen LogP contribution in [0.5, 0.6) is 0 Å². The van der Waals surface area contributed by atoms with Crippen LogP contribution in [0.2, 0.25) is 0 Å². The quantitative estimate of drug-likeness (QED) is 0.895. The molecule has 0 aromatic heterocycles. The smallest absolute Gasteiger partial charge is 0.244 e. The lowest BCUT2D eigenvalue weighted by Crippen LogP contribution is -2.43. The number of amides is 2. The van der Waals surface area contributed by atoms with E-state index in [0.717, 1.165) is 37.3 Å². The van der Waals surface area contributed by atoms with E-state index in [4.69, 9.17) is 0 Å². The fourth-order valence-electron chi connectivity index (χ4n) is 2.59. The van der Waals surface area contributed by atoms with Crippen LogP contribution in [-0.2, 0) is 9.59 Å². The van der Waals surface area contributed by atoms with Gasteiger partial charge in [-0.2, -0.15) is 0 Å². The number of piperidine rings is 1. The predicted octanol–water partition coefficient (Wildman–Crippen LogP) is 2.46. The Bertz CT molecular complexity index is 510. The second kappa shape index (κ2) is 7.11. The summed E-state index contributed by atoms with van der Waals surface area (Å²) in [7, 11) is 0. The summed E-state index contributed by atoms with van der Waals surface area (Å²) in [6.07, 6.45) is 3.40. The minimum Gasteiger partial charge on any atom is -0.374 e. The van der Waals surface area contributed by atoms with E-state index in [0.29, 0.717) is 0 Å². The van der Waals surface area contributed by atoms with Crippen molar-refractivity contribution in [1.29, 1.82) is 0 Å². The lowest BCUT2D eigenvalue weighted by molar-refractivity contribution is -0.132. The van der Waals surface area contributed by atoms with Crippen LogP contribution in [0.15, 0.2) is 24.3 Å². The van der Waals surface area contributed by atoms with Crippen molar-refractivity contribution in [2.45, 2.75) is 39.2 Å². The van der Waals surface area contributed by atoms with Crippen LogP contribution < -0.4 is 10.6 Å². The van der Waals surface area contributed by atoms with Gasteiger partial charge in [0, 0.05) is 31.4 Å². The van der Waals surface area contributed by atoms with Crippen LogP contribution in [0.3, 0.4) is 0 Å². The third-order valence-corrected chi connectivity index (χ3v) is 3.60. The highest BCUT2D eigenvalue weighted by molar-refractivity contribution is 5.89. The lowest BCUT2D eigenvalue weighted by Gasteiger charge is -2.29. The van der Waals surface area contributed by atoms with E-state index >= 15 is 0 Å². The van der Waals surface area contributed by atoms with Crippen LogP contribution in [0.25, 0.3) is 0 Å². The van der Waals surface area contributed by atoms with E-state index in [1.54, 1.807) is 0 Å². The summed E-state index contributed by atoms with van der Waals surface area (Å²) in [6, 6.07) is 7.14. The summed E-state index contributed by atoms with van der Waals surface area (Å²) in [4.78, 5) is 25.4. The molecule has 2 amide bonds. The standard InChI is InChI=1S/C16H23N3O2/c1-12(16(21)19-9-4-3-5-10-19)17-14-7-6-8-15(11-14)18-13(2)20/h6-8,11-12,17H,3-5,9-10H2,1-2H3,(H,18,20). The Labute approximate surface area is 125 Å². The maximum absolute atomic E-state index is 12.4. The van der Waals surface area contributed by atoms with Gasteiger partial charge in [0.15, 0.2) is 0 Å². The summed E-state index contributed by atoms with van der Waals surface area (Å²) in [5.41, 5.74) is 1.56. The number of anilines is 2. The molecular weight excluding hydrogens is 266 g/mol. The second-order valence-corrected chi connectivity index (χ2v) is 5.51. The van der Waals surface area contributed by atoms with Crippen LogP contribution in [0.1, 0.15) is 33.1 Å². The summed E-state index contributed by atoms with van der Waals surface area (Å²) >= 11 is 0. The first kappa shape index (κ1) is 15.4. The number of nitrogens with zero attached hydrogens (tertiary/aromatic N) is 1. The number of carbonyl (C=O) groups is 2. The van der Waals surface area contributed by atoms with Gasteiger partial charge in [0.1, 0.15) is 6.04 Å². The highest BCUT2D eigenvalue weighted by Crippen LogP contribution is 2.17. The van der Waals surface area contributed by atoms with Crippen molar-refractivity contribution in [1.82, 2.24) is 4.90 Å². The highest BCUT2D eigenvalue weighted by atomic mass is 16.2. The van der Waals surface area contributed by atoms with Gasteiger partial charge in [-0.05, 0) is 44.4 Å². The zero-order chi connectivity index (χ0) is 15.2. The molecule has 0 radical (unpaired) electrons. The number of nitrogens with one attached hydrogen (secondary N) is 2. The zero-order valence-corrected chi connectivity index (χ0v) is 12.7. The van der Waals surface area contributed by atoms with Crippen molar-refractivity contribution in [3.05, 3.63) is 24.3 Å². The Hall–Kier alpha value is -2.04. The van der Waals surface area contributed by atoms with Crippen LogP contribution in [0, 0.1) is 0 Å². The minimum absolute atomic E-state index is 0.107. The van der Waals surface area contributed by atoms with E-state index in [2.05, 4.69) is 10.6 Å². The molecule has 2 rings (SSSR count). The number of hydrogen-bond donors (Lipinski definition) is 2. The van der Waals surface area contributed by atoms with Gasteiger partial charge in [0.05, 0.1) is 0 Å². The second-order valence-electron chi connectivity index (χ2n) is 5.51. The van der Waals surface area contributed by atoms with Gasteiger partial charge >= 0.3 is 0 Å². The van der Waals surface area contributed by atoms with Gasteiger partial charge < -0.3 is 15.5 Å². The molecule has 5 heteroatoms. The summed E-state index contributed by atoms with van der Waals surface area (Å²) < 4.78 is 0. The fourth-order valence-corrected chi connectivity index (χ4v) is 2.59. The maximum atomic E-state index is 12.4. The number of hydrogen-bond acceptors (Lipinski definition) is 3. The van der Waals surface area contributed by atoms with Crippen molar-refractivity contribution in [3.8, 4) is 0 Å². The third kappa shape index (κ3) is 4.48. The third-order valence-electron chi connectivity index (χ3n) is 3.60. The first-order valence-corrected chi connectivity index (χ1v) is 7.49. The monoisotopic (exact) mass is 289 g/mol. The number of likely N-dealkylation sites (tertiary alicyclic amines) is 1. The van der Waals surface area contributed by atoms with Crippen LogP contribution in [-0.4, -0.2) is 35.8 Å². The van der Waals surface area contributed by atoms with E-state index in [1.165, 1.54) is 13.3 Å². The minimum atomic E-state index is -0.268. The molecule has 1 aromatic rings. The molecule has 0 saturated carbocycles. The van der Waals surface area contributed by atoms with E-state index in [9.17, 15) is 9.59 Å². The average molecular weight is 289 g/mol. The maximum Gasteiger partial charge on any atom is 0.244 e. The van der Waals surface area contributed by atoms with Gasteiger partial charge in [0.25, 0.3) is 0 Å². The molecule has 0 aliphatic carbocycles. The molecule has 1 aromatic carbocycles. The van der Waals surface area contributed by atoms with Crippen LogP contribution in [0.4, 0.5) is 11.4 Å². The van der Waals surface area contributed by atoms with E-state index in [1.807, 2.05) is 36.1 Å². The molecule has 21 heavy (non-hydrogen) atoms. The van der Waals surface area contributed by atoms with Gasteiger partial charge in [-0.3, -0.25) is 9.59 Å². The topological polar surface area (TPSA) is 61.4 Å². The van der Waals surface area contributed by atoms with Crippen molar-refractivity contribution < 1.29 is 9.59 Å². The first-order chi connectivity index (χ1) is 10.1. The molecule has 1 fully saturated rings. The van der Waals surface area contributed by atoms with Crippen molar-refractivity contribution in [3.63, 3.8) is 0 Å². The van der Waals surface area contributed by atoms with Crippen molar-refractivity contribution >= 4 is 23.2 Å². The SMILES string of the molecule is CC(=O)Nc1cccc(NC(C)C(=O)N2CCCCC2)c1. The van der Waals surface area contributed by atoms with E-state index in [-0.39, 0.29) is 17.9 Å². The molecule has 1 atom stereocenters. The average Bonchev–Trinajstić information content (AvgIpc) is 2.47. The molecule has 2 N–H and O–H groups in total. The zero-order valence-electron chi connectivity index (χ0n) is 12.7. The summed E-state index contributed by atoms with van der Waals surface area (Å²) in [5, 5.41) is 5.95. The number of benzene rings is 1. The van der Waals surface area contributed by atoms with E-state index < -0.39 is 0 Å². The van der Waals surface area contributed by atoms with Crippen molar-refractivity contribution in [2.75, 3.05) is 23.7 Å². The van der Waals surface area contributed by atoms with Crippen molar-refractivity contribution in [2.24, 2.45) is 0 Å². The van der Waals surface area contributed by atoms with Gasteiger partial charge in [-0.25, -0.2) is 0 Å². The largest absolute Gasteiger partial charge is 0.374 e. The molecule has 5 nitrogen and oxygen atoms in total. The van der Waals surface area contributed by atoms with Gasteiger partial charge in [-0.15, -0.1) is 0 Å². The molecule has 1 aliphatic rings. The summed E-state index contributed by atoms with van der Waals surface area (Å²) in [5.74, 6) is 0.0317. The summed E-state index contributed by atoms with van der Waals surface area (Å²) in [6.45, 7) is 5.07. The Morgan fingerprint density at radius 1 is 1.14 bits per heavy atom. The Morgan fingerprint density at radius 3 is 2.48 bits per heavy atom. The number of rotatable bonds is 4. The molecule has 0 spiro atoms. The fraction of sp³-hybridized carbons (Fsp3) is 0.500. The first-order valence-electron chi connectivity index (χ1n) is 7.49. The molecule has 1 unspecified atom stereocenters. The molecule has 1 aliphatic heterocycles. The Kier molecular flexibility index (Phi) is 5.20. The normalized spacial score (nSPS) is 16.2. The lowest BCUT2D eigenvalue weighted by atomic mass is 10.1.